The second-order valence-corrected chi connectivity index (χ2v) is 8.27. The van der Waals surface area contributed by atoms with Gasteiger partial charge >= 0.3 is 6.09 Å². The fourth-order valence-corrected chi connectivity index (χ4v) is 3.15. The van der Waals surface area contributed by atoms with E-state index in [4.69, 9.17) is 10.5 Å². The average Bonchev–Trinajstić information content (AvgIpc) is 3.18. The summed E-state index contributed by atoms with van der Waals surface area (Å²) in [4.78, 5) is 26.6. The quantitative estimate of drug-likeness (QED) is 0.584. The molecule has 1 atom stereocenters. The fourth-order valence-electron chi connectivity index (χ4n) is 3.15. The summed E-state index contributed by atoms with van der Waals surface area (Å²) in [5, 5.41) is 2.89. The first kappa shape index (κ1) is 21.3. The van der Waals surface area contributed by atoms with E-state index >= 15 is 0 Å². The third-order valence-corrected chi connectivity index (χ3v) is 4.60. The van der Waals surface area contributed by atoms with E-state index in [0.717, 1.165) is 17.5 Å². The van der Waals surface area contributed by atoms with E-state index in [1.165, 1.54) is 4.90 Å². The molecule has 2 aromatic rings. The van der Waals surface area contributed by atoms with Gasteiger partial charge in [0.15, 0.2) is 0 Å². The van der Waals surface area contributed by atoms with Crippen LogP contribution in [0.4, 0.5) is 16.2 Å². The lowest BCUT2D eigenvalue weighted by Gasteiger charge is -2.28. The Morgan fingerprint density at radius 2 is 1.60 bits per heavy atom. The predicted molar refractivity (Wildman–Crippen MR) is 118 cm³/mol. The average molecular weight is 405 g/mol. The molecule has 6 nitrogen and oxygen atoms in total. The maximum Gasteiger partial charge on any atom is 0.410 e. The molecule has 2 aromatic carbocycles. The van der Waals surface area contributed by atoms with Crippen LogP contribution >= 0.6 is 0 Å². The number of rotatable bonds is 2. The van der Waals surface area contributed by atoms with Crippen LogP contribution in [0.2, 0.25) is 0 Å². The maximum atomic E-state index is 12.7. The Hall–Kier alpha value is -3.46. The van der Waals surface area contributed by atoms with Crippen LogP contribution in [-0.4, -0.2) is 35.1 Å². The molecule has 0 aliphatic carbocycles. The van der Waals surface area contributed by atoms with Gasteiger partial charge in [-0.1, -0.05) is 11.8 Å². The van der Waals surface area contributed by atoms with Crippen molar-refractivity contribution in [1.29, 1.82) is 0 Å². The summed E-state index contributed by atoms with van der Waals surface area (Å²) in [7, 11) is 0. The molecule has 1 saturated heterocycles. The molecule has 1 fully saturated rings. The van der Waals surface area contributed by atoms with Crippen molar-refractivity contribution >= 4 is 23.4 Å². The number of anilines is 2. The van der Waals surface area contributed by atoms with Gasteiger partial charge in [-0.05, 0) is 82.1 Å². The molecule has 6 heteroatoms. The fraction of sp³-hybridized carbons (Fsp3) is 0.333. The Labute approximate surface area is 177 Å². The monoisotopic (exact) mass is 405 g/mol. The van der Waals surface area contributed by atoms with Crippen molar-refractivity contribution in [2.75, 3.05) is 17.6 Å². The molecule has 0 bridgehead atoms. The van der Waals surface area contributed by atoms with Crippen molar-refractivity contribution in [3.63, 3.8) is 0 Å². The first-order valence-electron chi connectivity index (χ1n) is 9.99. The molecule has 2 amide bonds. The van der Waals surface area contributed by atoms with Crippen molar-refractivity contribution in [3.8, 4) is 11.8 Å². The number of hydrogen-bond acceptors (Lipinski definition) is 4. The summed E-state index contributed by atoms with van der Waals surface area (Å²) in [5.41, 5.74) is 8.16. The lowest BCUT2D eigenvalue weighted by molar-refractivity contribution is -0.120. The number of carbonyl (C=O) groups is 2. The predicted octanol–water partition coefficient (Wildman–Crippen LogP) is 4.01. The topological polar surface area (TPSA) is 84.7 Å². The normalized spacial score (nSPS) is 15.8. The molecule has 30 heavy (non-hydrogen) atoms. The highest BCUT2D eigenvalue weighted by atomic mass is 16.6. The molecule has 0 spiro atoms. The molecule has 0 aromatic heterocycles. The molecule has 0 radical (unpaired) electrons. The van der Waals surface area contributed by atoms with Crippen molar-refractivity contribution < 1.29 is 14.3 Å². The second-order valence-electron chi connectivity index (χ2n) is 8.27. The molecule has 1 aliphatic heterocycles. The number of amides is 2. The molecule has 0 saturated carbocycles. The third kappa shape index (κ3) is 5.77. The van der Waals surface area contributed by atoms with E-state index in [0.29, 0.717) is 24.3 Å². The lowest BCUT2D eigenvalue weighted by Crippen LogP contribution is -2.45. The summed E-state index contributed by atoms with van der Waals surface area (Å²) < 4.78 is 5.42. The van der Waals surface area contributed by atoms with Gasteiger partial charge in [0.1, 0.15) is 11.6 Å². The van der Waals surface area contributed by atoms with Gasteiger partial charge in [0, 0.05) is 29.0 Å². The summed E-state index contributed by atoms with van der Waals surface area (Å²) in [6.07, 6.45) is 0.946. The van der Waals surface area contributed by atoms with Crippen molar-refractivity contribution in [2.24, 2.45) is 0 Å². The summed E-state index contributed by atoms with van der Waals surface area (Å²) in [6.45, 7) is 5.96. The van der Waals surface area contributed by atoms with Gasteiger partial charge in [0.25, 0.3) is 0 Å². The van der Waals surface area contributed by atoms with Gasteiger partial charge in [-0.3, -0.25) is 9.69 Å². The minimum Gasteiger partial charge on any atom is -0.444 e. The van der Waals surface area contributed by atoms with E-state index in [2.05, 4.69) is 17.2 Å². The maximum absolute atomic E-state index is 12.7. The molecule has 3 N–H and O–H groups in total. The van der Waals surface area contributed by atoms with Crippen LogP contribution < -0.4 is 11.1 Å². The van der Waals surface area contributed by atoms with Gasteiger partial charge in [-0.2, -0.15) is 0 Å². The van der Waals surface area contributed by atoms with E-state index in [1.54, 1.807) is 12.1 Å². The van der Waals surface area contributed by atoms with Gasteiger partial charge in [-0.15, -0.1) is 0 Å². The van der Waals surface area contributed by atoms with Gasteiger partial charge < -0.3 is 15.8 Å². The number of nitrogens with one attached hydrogen (secondary N) is 1. The zero-order valence-corrected chi connectivity index (χ0v) is 17.6. The standard InChI is InChI=1S/C24H27N3O3/c1-24(2,3)30-23(29)27-16-4-5-21(27)22(28)26-20-14-10-18(11-15-20)7-6-17-8-12-19(25)13-9-17/h8-15,21H,4-5,16,25H2,1-3H3,(H,26,28)/t21-/m1/s1. The van der Waals surface area contributed by atoms with Crippen LogP contribution in [0.3, 0.4) is 0 Å². The van der Waals surface area contributed by atoms with E-state index < -0.39 is 17.7 Å². The molecule has 156 valence electrons. The molecule has 3 rings (SSSR count). The molecule has 1 aliphatic rings. The van der Waals surface area contributed by atoms with Crippen molar-refractivity contribution in [3.05, 3.63) is 59.7 Å². The Balaban J connectivity index is 1.61. The van der Waals surface area contributed by atoms with Crippen LogP contribution in [0.15, 0.2) is 48.5 Å². The van der Waals surface area contributed by atoms with Gasteiger partial charge in [0.2, 0.25) is 5.91 Å². The lowest BCUT2D eigenvalue weighted by atomic mass is 10.1. The van der Waals surface area contributed by atoms with Crippen LogP contribution in [0.25, 0.3) is 0 Å². The molecule has 0 unspecified atom stereocenters. The number of nitrogens with zero attached hydrogens (tertiary/aromatic N) is 1. The highest BCUT2D eigenvalue weighted by Gasteiger charge is 2.36. The Morgan fingerprint density at radius 3 is 2.17 bits per heavy atom. The Bertz CT molecular complexity index is 964. The number of nitrogen functional groups attached to an aromatic ring is 1. The van der Waals surface area contributed by atoms with Gasteiger partial charge in [0.05, 0.1) is 0 Å². The van der Waals surface area contributed by atoms with Gasteiger partial charge in [-0.25, -0.2) is 4.79 Å². The van der Waals surface area contributed by atoms with Crippen molar-refractivity contribution in [1.82, 2.24) is 4.90 Å². The number of nitrogens with two attached hydrogens (primary N) is 1. The highest BCUT2D eigenvalue weighted by molar-refractivity contribution is 5.96. The second kappa shape index (κ2) is 8.91. The van der Waals surface area contributed by atoms with E-state index in [1.807, 2.05) is 57.2 Å². The minimum atomic E-state index is -0.593. The number of hydrogen-bond donors (Lipinski definition) is 2. The molecule has 1 heterocycles. The summed E-state index contributed by atoms with van der Waals surface area (Å²) in [5.74, 6) is 5.96. The SMILES string of the molecule is CC(C)(C)OC(=O)N1CCC[C@@H]1C(=O)Nc1ccc(C#Cc2ccc(N)cc2)cc1. The Morgan fingerprint density at radius 1 is 1.03 bits per heavy atom. The summed E-state index contributed by atoms with van der Waals surface area (Å²) in [6, 6.07) is 14.1. The van der Waals surface area contributed by atoms with Crippen LogP contribution in [0.1, 0.15) is 44.7 Å². The first-order valence-corrected chi connectivity index (χ1v) is 9.99. The number of ether oxygens (including phenoxy) is 1. The Kier molecular flexibility index (Phi) is 6.31. The highest BCUT2D eigenvalue weighted by Crippen LogP contribution is 2.22. The van der Waals surface area contributed by atoms with Crippen LogP contribution in [0, 0.1) is 11.8 Å². The zero-order valence-electron chi connectivity index (χ0n) is 17.6. The smallest absolute Gasteiger partial charge is 0.410 e. The van der Waals surface area contributed by atoms with Crippen molar-refractivity contribution in [2.45, 2.75) is 45.3 Å². The van der Waals surface area contributed by atoms with E-state index in [-0.39, 0.29) is 5.91 Å². The summed E-state index contributed by atoms with van der Waals surface area (Å²) >= 11 is 0. The minimum absolute atomic E-state index is 0.209. The van der Waals surface area contributed by atoms with Crippen LogP contribution in [0.5, 0.6) is 0 Å². The van der Waals surface area contributed by atoms with E-state index in [9.17, 15) is 9.59 Å². The number of carbonyl (C=O) groups excluding carboxylic acids is 2. The van der Waals surface area contributed by atoms with Crippen LogP contribution in [-0.2, 0) is 9.53 Å². The first-order chi connectivity index (χ1) is 14.2. The third-order valence-electron chi connectivity index (χ3n) is 4.60. The number of benzene rings is 2. The zero-order chi connectivity index (χ0) is 21.7. The molecular weight excluding hydrogens is 378 g/mol. The number of likely N-dealkylation sites (tertiary alicyclic amines) is 1. The largest absolute Gasteiger partial charge is 0.444 e. The molecular formula is C24H27N3O3.